The number of fused-ring (bicyclic) bond motifs is 15. The van der Waals surface area contributed by atoms with Gasteiger partial charge in [0, 0.05) is 66.7 Å². The molecular weight excluding hydrogens is 1110 g/mol. The molecule has 7 aliphatic heterocycles. The molecule has 0 atom stereocenters. The van der Waals surface area contributed by atoms with Crippen molar-refractivity contribution in [2.24, 2.45) is 0 Å². The van der Waals surface area contributed by atoms with E-state index in [-0.39, 0.29) is 20.1 Å². The van der Waals surface area contributed by atoms with Crippen LogP contribution in [0.3, 0.4) is 0 Å². The zero-order valence-corrected chi connectivity index (χ0v) is 47.8. The summed E-state index contributed by atoms with van der Waals surface area (Å²) in [5, 5.41) is 4.92. The quantitative estimate of drug-likeness (QED) is 0.163. The van der Waals surface area contributed by atoms with Crippen LogP contribution in [0.1, 0.15) is 0 Å². The van der Waals surface area contributed by atoms with Crippen LogP contribution in [-0.4, -0.2) is 29.3 Å². The SMILES string of the molecule is c1ccc(-n2c3ccccc3c3c4c5ccccc5n(-c5cc6c7c(c5)Oc5cccc8c5B7c5c(cccc5O6)O8)c4ccc32)cc1.c1ccc2c(c1)Oc1cc(-c3cc4c5c(c3)Oc3ccccc3B5c3ccccc3O4)cc3c1B2c1ccccc1O3. The lowest BCUT2D eigenvalue weighted by Gasteiger charge is -2.37. The average molecular weight is 1150 g/mol. The minimum absolute atomic E-state index is 0.0143. The monoisotopic (exact) mass is 1150 g/mol. The van der Waals surface area contributed by atoms with Crippen molar-refractivity contribution in [3.63, 3.8) is 0 Å². The minimum atomic E-state index is -0.0143. The van der Waals surface area contributed by atoms with Gasteiger partial charge in [-0.15, -0.1) is 0 Å². The predicted molar refractivity (Wildman–Crippen MR) is 360 cm³/mol. The van der Waals surface area contributed by atoms with Gasteiger partial charge in [0.25, 0.3) is 20.1 Å². The highest BCUT2D eigenvalue weighted by Crippen LogP contribution is 2.48. The van der Waals surface area contributed by atoms with Crippen LogP contribution in [0.2, 0.25) is 0 Å². The first-order chi connectivity index (χ1) is 44.6. The molecular formula is C78H43B3N2O7. The summed E-state index contributed by atoms with van der Waals surface area (Å²) in [6.45, 7) is 0.0766. The van der Waals surface area contributed by atoms with Gasteiger partial charge in [-0.25, -0.2) is 0 Å². The fraction of sp³-hybridized carbons (Fsp3) is 0. The van der Waals surface area contributed by atoms with E-state index in [9.17, 15) is 0 Å². The molecule has 13 aromatic carbocycles. The van der Waals surface area contributed by atoms with E-state index < -0.39 is 0 Å². The summed E-state index contributed by atoms with van der Waals surface area (Å²) >= 11 is 0. The summed E-state index contributed by atoms with van der Waals surface area (Å²) in [6.07, 6.45) is 0. The van der Waals surface area contributed by atoms with E-state index >= 15 is 0 Å². The summed E-state index contributed by atoms with van der Waals surface area (Å²) in [5.74, 6) is 11.7. The molecule has 0 amide bonds. The Hall–Kier alpha value is -11.7. The predicted octanol–water partition coefficient (Wildman–Crippen LogP) is 13.5. The van der Waals surface area contributed by atoms with Crippen LogP contribution in [0.5, 0.6) is 80.5 Å². The Morgan fingerprint density at radius 3 is 0.933 bits per heavy atom. The molecule has 0 aliphatic carbocycles. The summed E-state index contributed by atoms with van der Waals surface area (Å²) in [7, 11) is 0. The first-order valence-corrected chi connectivity index (χ1v) is 30.5. The number of ether oxygens (including phenoxy) is 7. The second-order valence-electron chi connectivity index (χ2n) is 24.0. The van der Waals surface area contributed by atoms with Crippen LogP contribution in [0.4, 0.5) is 0 Å². The van der Waals surface area contributed by atoms with Gasteiger partial charge in [-0.05, 0) is 142 Å². The van der Waals surface area contributed by atoms with E-state index in [1.165, 1.54) is 32.6 Å². The van der Waals surface area contributed by atoms with Crippen LogP contribution in [-0.2, 0) is 0 Å². The number of rotatable bonds is 3. The molecule has 9 heterocycles. The Bertz CT molecular complexity index is 5350. The highest BCUT2D eigenvalue weighted by molar-refractivity contribution is 7.00. The van der Waals surface area contributed by atoms with E-state index in [0.29, 0.717) is 0 Å². The fourth-order valence-electron chi connectivity index (χ4n) is 15.7. The number of aromatic nitrogens is 2. The minimum Gasteiger partial charge on any atom is -0.458 e. The molecule has 9 nitrogen and oxygen atoms in total. The van der Waals surface area contributed by atoms with Crippen molar-refractivity contribution in [3.05, 3.63) is 261 Å². The summed E-state index contributed by atoms with van der Waals surface area (Å²) in [4.78, 5) is 0. The number of hydrogen-bond acceptors (Lipinski definition) is 7. The normalized spacial score (nSPS) is 13.7. The van der Waals surface area contributed by atoms with E-state index in [2.05, 4.69) is 185 Å². The third-order valence-electron chi connectivity index (χ3n) is 19.3. The highest BCUT2D eigenvalue weighted by Gasteiger charge is 2.47. The van der Waals surface area contributed by atoms with Gasteiger partial charge in [0.15, 0.2) is 0 Å². The zero-order valence-electron chi connectivity index (χ0n) is 47.8. The standard InChI is InChI=1S/C42H23BN2O3.C36H20B2O4/c1-2-10-24(11-3-1)44-28-14-6-4-12-26(28)38-30(44)20-21-31-39(38)27-13-5-7-15-29(27)45(31)25-22-36-42-37(23-25)48-35-19-9-17-33-41(35)43(42)40-32(46-33)16-8-18-34(40)47-36;1-5-13-27-23(9-1)37-24-10-2-6-14-28(24)40-32-18-21(17-31(39-27)35(32)37)22-19-33-36-34(20-22)42-30-16-8-4-12-26(30)38(36)25-11-3-7-15-29(25)41-33/h1-23H;1-20H. The van der Waals surface area contributed by atoms with Gasteiger partial charge in [-0.2, -0.15) is 0 Å². The van der Waals surface area contributed by atoms with E-state index in [4.69, 9.17) is 33.2 Å². The van der Waals surface area contributed by atoms with Crippen LogP contribution in [0.15, 0.2) is 261 Å². The second-order valence-corrected chi connectivity index (χ2v) is 24.0. The maximum Gasteiger partial charge on any atom is 0.270 e. The number of benzene rings is 13. The topological polar surface area (TPSA) is 74.5 Å². The van der Waals surface area contributed by atoms with Gasteiger partial charge in [0.2, 0.25) is 0 Å². The molecule has 90 heavy (non-hydrogen) atoms. The highest BCUT2D eigenvalue weighted by atomic mass is 16.5. The van der Waals surface area contributed by atoms with Crippen molar-refractivity contribution in [3.8, 4) is 103 Å². The fourth-order valence-corrected chi connectivity index (χ4v) is 15.7. The van der Waals surface area contributed by atoms with E-state index in [0.717, 1.165) is 163 Å². The van der Waals surface area contributed by atoms with Crippen LogP contribution in [0.25, 0.3) is 66.1 Å². The number of nitrogens with zero attached hydrogens (tertiary/aromatic N) is 2. The van der Waals surface area contributed by atoms with Gasteiger partial charge in [0.1, 0.15) is 80.5 Å². The van der Waals surface area contributed by atoms with E-state index in [1.54, 1.807) is 0 Å². The molecule has 0 N–H and O–H groups in total. The molecule has 0 bridgehead atoms. The molecule has 0 saturated carbocycles. The largest absolute Gasteiger partial charge is 0.458 e. The molecule has 0 fully saturated rings. The lowest BCUT2D eigenvalue weighted by molar-refractivity contribution is 0.442. The van der Waals surface area contributed by atoms with Gasteiger partial charge in [-0.3, -0.25) is 0 Å². The van der Waals surface area contributed by atoms with Gasteiger partial charge < -0.3 is 42.3 Å². The molecule has 0 spiro atoms. The molecule has 15 aromatic rings. The molecule has 22 rings (SSSR count). The lowest BCUT2D eigenvalue weighted by atomic mass is 9.34. The summed E-state index contributed by atoms with van der Waals surface area (Å²) in [5.41, 5.74) is 18.6. The Morgan fingerprint density at radius 1 is 0.211 bits per heavy atom. The molecule has 7 aliphatic rings. The molecule has 12 heteroatoms. The van der Waals surface area contributed by atoms with Crippen molar-refractivity contribution >= 4 is 113 Å². The van der Waals surface area contributed by atoms with Gasteiger partial charge in [-0.1, -0.05) is 140 Å². The van der Waals surface area contributed by atoms with Crippen LogP contribution in [0, 0.1) is 0 Å². The maximum atomic E-state index is 6.72. The summed E-state index contributed by atoms with van der Waals surface area (Å²) < 4.78 is 50.7. The van der Waals surface area contributed by atoms with E-state index in [1.807, 2.05) is 84.9 Å². The summed E-state index contributed by atoms with van der Waals surface area (Å²) in [6, 6.07) is 90.8. The first kappa shape index (κ1) is 48.4. The number of para-hydroxylation sites is 7. The van der Waals surface area contributed by atoms with Crippen molar-refractivity contribution in [2.45, 2.75) is 0 Å². The van der Waals surface area contributed by atoms with Crippen LogP contribution < -0.4 is 82.3 Å². The Balaban J connectivity index is 0.000000123. The zero-order chi connectivity index (χ0) is 58.4. The van der Waals surface area contributed by atoms with Crippen molar-refractivity contribution in [2.75, 3.05) is 0 Å². The molecule has 0 radical (unpaired) electrons. The first-order valence-electron chi connectivity index (χ1n) is 30.5. The Labute approximate surface area is 516 Å². The number of hydrogen-bond donors (Lipinski definition) is 0. The second kappa shape index (κ2) is 17.9. The molecule has 2 aromatic heterocycles. The lowest BCUT2D eigenvalue weighted by Crippen LogP contribution is -2.59. The molecule has 0 saturated heterocycles. The van der Waals surface area contributed by atoms with Crippen molar-refractivity contribution in [1.29, 1.82) is 0 Å². The van der Waals surface area contributed by atoms with Gasteiger partial charge in [0.05, 0.1) is 27.8 Å². The van der Waals surface area contributed by atoms with Crippen molar-refractivity contribution < 1.29 is 33.2 Å². The van der Waals surface area contributed by atoms with Crippen LogP contribution >= 0.6 is 0 Å². The smallest absolute Gasteiger partial charge is 0.270 e. The van der Waals surface area contributed by atoms with Gasteiger partial charge >= 0.3 is 0 Å². The molecule has 416 valence electrons. The molecule has 0 unspecified atom stereocenters. The van der Waals surface area contributed by atoms with Crippen molar-refractivity contribution in [1.82, 2.24) is 9.13 Å². The Kier molecular flexibility index (Phi) is 9.64. The maximum absolute atomic E-state index is 6.72. The third kappa shape index (κ3) is 6.63. The average Bonchev–Trinajstić information content (AvgIpc) is 0.991. The third-order valence-corrected chi connectivity index (χ3v) is 19.3. The Morgan fingerprint density at radius 2 is 0.511 bits per heavy atom.